The lowest BCUT2D eigenvalue weighted by Gasteiger charge is -2.38. The van der Waals surface area contributed by atoms with Crippen LogP contribution in [0.15, 0.2) is 0 Å². The average Bonchev–Trinajstić information content (AvgIpc) is 2.91. The van der Waals surface area contributed by atoms with Crippen LogP contribution in [0.4, 0.5) is 0 Å². The summed E-state index contributed by atoms with van der Waals surface area (Å²) in [6, 6.07) is 0. The molecular formula is C17H30INO2. The highest BCUT2D eigenvalue weighted by Gasteiger charge is 2.63. The first kappa shape index (κ1) is 17.5. The van der Waals surface area contributed by atoms with Gasteiger partial charge in [-0.2, -0.15) is 0 Å². The van der Waals surface area contributed by atoms with E-state index in [-0.39, 0.29) is 41.5 Å². The molecule has 0 aromatic heterocycles. The molecule has 3 rings (SSSR count). The molecule has 2 aliphatic carbocycles. The van der Waals surface area contributed by atoms with Gasteiger partial charge in [0.1, 0.15) is 6.10 Å². The van der Waals surface area contributed by atoms with Gasteiger partial charge in [0.2, 0.25) is 0 Å². The number of esters is 1. The predicted octanol–water partition coefficient (Wildman–Crippen LogP) is -0.0112. The first-order valence-corrected chi connectivity index (χ1v) is 8.30. The maximum Gasteiger partial charge on any atom is 0.362 e. The molecule has 0 aromatic rings. The van der Waals surface area contributed by atoms with Gasteiger partial charge in [0.25, 0.3) is 0 Å². The summed E-state index contributed by atoms with van der Waals surface area (Å²) in [5.41, 5.74) is 0.515. The normalized spacial score (nSPS) is 39.0. The van der Waals surface area contributed by atoms with Crippen molar-refractivity contribution in [2.75, 3.05) is 26.7 Å². The zero-order chi connectivity index (χ0) is 14.6. The molecule has 1 saturated heterocycles. The number of likely N-dealkylation sites (tertiary alicyclic amines) is 1. The quantitative estimate of drug-likeness (QED) is 0.374. The van der Waals surface area contributed by atoms with Crippen LogP contribution in [-0.4, -0.2) is 43.2 Å². The van der Waals surface area contributed by atoms with E-state index in [1.807, 2.05) is 0 Å². The van der Waals surface area contributed by atoms with Crippen molar-refractivity contribution in [1.29, 1.82) is 0 Å². The van der Waals surface area contributed by atoms with E-state index in [2.05, 4.69) is 27.8 Å². The predicted molar refractivity (Wildman–Crippen MR) is 79.1 cm³/mol. The molecule has 3 aliphatic rings. The second-order valence-corrected chi connectivity index (χ2v) is 8.52. The molecule has 0 spiro atoms. The lowest BCUT2D eigenvalue weighted by molar-refractivity contribution is -0.890. The molecule has 3 nitrogen and oxygen atoms in total. The Morgan fingerprint density at radius 3 is 2.33 bits per heavy atom. The van der Waals surface area contributed by atoms with Crippen molar-refractivity contribution in [3.05, 3.63) is 0 Å². The van der Waals surface area contributed by atoms with Crippen molar-refractivity contribution in [2.45, 2.75) is 59.0 Å². The van der Waals surface area contributed by atoms with Crippen molar-refractivity contribution in [3.8, 4) is 0 Å². The van der Waals surface area contributed by atoms with E-state index in [9.17, 15) is 4.79 Å². The van der Waals surface area contributed by atoms with Gasteiger partial charge < -0.3 is 33.2 Å². The van der Waals surface area contributed by atoms with Gasteiger partial charge in [-0.05, 0) is 30.6 Å². The minimum absolute atomic E-state index is 0. The Bertz CT molecular complexity index is 417. The molecule has 0 aromatic carbocycles. The Morgan fingerprint density at radius 1 is 1.24 bits per heavy atom. The summed E-state index contributed by atoms with van der Waals surface area (Å²) in [7, 11) is 2.20. The molecule has 2 saturated carbocycles. The van der Waals surface area contributed by atoms with Gasteiger partial charge in [-0.25, -0.2) is 4.79 Å². The monoisotopic (exact) mass is 407 g/mol. The third kappa shape index (κ3) is 2.75. The Morgan fingerprint density at radius 2 is 1.86 bits per heavy atom. The zero-order valence-electron chi connectivity index (χ0n) is 14.0. The Kier molecular flexibility index (Phi) is 4.72. The minimum atomic E-state index is 0. The first-order valence-electron chi connectivity index (χ1n) is 8.30. The number of carbonyl (C=O) groups is 1. The van der Waals surface area contributed by atoms with Crippen LogP contribution in [0.3, 0.4) is 0 Å². The molecular weight excluding hydrogens is 377 g/mol. The van der Waals surface area contributed by atoms with E-state index in [1.54, 1.807) is 0 Å². The smallest absolute Gasteiger partial charge is 0.362 e. The van der Waals surface area contributed by atoms with Gasteiger partial charge in [-0.3, -0.25) is 0 Å². The minimum Gasteiger partial charge on any atom is -1.00 e. The van der Waals surface area contributed by atoms with Gasteiger partial charge in [0.15, 0.2) is 6.54 Å². The lowest BCUT2D eigenvalue weighted by atomic mass is 9.70. The Hall–Kier alpha value is 0.160. The molecule has 122 valence electrons. The standard InChI is InChI=1S/C17H30NO2.HI/c1-16(2)13-7-8-17(16,3)14(11-13)20-15(19)12-18(4)9-5-6-10-18;/h13-14H,5-12H2,1-4H3;1H/q+1;/p-1. The molecule has 0 N–H and O–H groups in total. The van der Waals surface area contributed by atoms with E-state index >= 15 is 0 Å². The van der Waals surface area contributed by atoms with Gasteiger partial charge in [0.05, 0.1) is 20.1 Å². The highest BCUT2D eigenvalue weighted by Crippen LogP contribution is 2.66. The molecule has 0 amide bonds. The summed E-state index contributed by atoms with van der Waals surface area (Å²) >= 11 is 0. The maximum absolute atomic E-state index is 12.4. The van der Waals surface area contributed by atoms with Crippen molar-refractivity contribution >= 4 is 5.97 Å². The summed E-state index contributed by atoms with van der Waals surface area (Å²) < 4.78 is 6.84. The number of carbonyl (C=O) groups excluding carboxylic acids is 1. The fourth-order valence-electron chi connectivity index (χ4n) is 5.07. The van der Waals surface area contributed by atoms with Gasteiger partial charge >= 0.3 is 5.97 Å². The fourth-order valence-corrected chi connectivity index (χ4v) is 5.07. The number of fused-ring (bicyclic) bond motifs is 2. The first-order chi connectivity index (χ1) is 9.27. The summed E-state index contributed by atoms with van der Waals surface area (Å²) in [5, 5.41) is 0. The van der Waals surface area contributed by atoms with Gasteiger partial charge in [-0.1, -0.05) is 20.8 Å². The van der Waals surface area contributed by atoms with Crippen LogP contribution in [0.2, 0.25) is 0 Å². The number of rotatable bonds is 3. The largest absolute Gasteiger partial charge is 1.00 e. The second kappa shape index (κ2) is 5.66. The fraction of sp³-hybridized carbons (Fsp3) is 0.941. The summed E-state index contributed by atoms with van der Waals surface area (Å²) in [5.74, 6) is 0.769. The molecule has 21 heavy (non-hydrogen) atoms. The van der Waals surface area contributed by atoms with Crippen molar-refractivity contribution in [1.82, 2.24) is 0 Å². The molecule has 2 bridgehead atoms. The molecule has 3 fully saturated rings. The highest BCUT2D eigenvalue weighted by atomic mass is 127. The van der Waals surface area contributed by atoms with Crippen molar-refractivity contribution in [3.63, 3.8) is 0 Å². The maximum atomic E-state index is 12.4. The van der Waals surface area contributed by atoms with Crippen LogP contribution in [0, 0.1) is 16.7 Å². The van der Waals surface area contributed by atoms with Gasteiger partial charge in [0, 0.05) is 18.3 Å². The van der Waals surface area contributed by atoms with Crippen LogP contribution >= 0.6 is 0 Å². The van der Waals surface area contributed by atoms with E-state index in [1.165, 1.54) is 25.7 Å². The number of halogens is 1. The van der Waals surface area contributed by atoms with Crippen molar-refractivity contribution < 1.29 is 38.0 Å². The molecule has 3 atom stereocenters. The summed E-state index contributed by atoms with van der Waals surface area (Å²) in [6.07, 6.45) is 6.26. The molecule has 0 radical (unpaired) electrons. The second-order valence-electron chi connectivity index (χ2n) is 8.52. The van der Waals surface area contributed by atoms with E-state index in [0.29, 0.717) is 12.0 Å². The Balaban J connectivity index is 0.00000161. The third-order valence-corrected chi connectivity index (χ3v) is 7.14. The number of quaternary nitrogens is 1. The topological polar surface area (TPSA) is 26.3 Å². The Labute approximate surface area is 146 Å². The SMILES string of the molecule is CC1(C)C2CCC1(C)C(OC(=O)C[N+]1(C)CCCC1)C2.[I-]. The lowest BCUT2D eigenvalue weighted by Crippen LogP contribution is -3.00. The third-order valence-electron chi connectivity index (χ3n) is 7.14. The molecule has 3 unspecified atom stereocenters. The summed E-state index contributed by atoms with van der Waals surface area (Å²) in [4.78, 5) is 12.4. The van der Waals surface area contributed by atoms with Crippen molar-refractivity contribution in [2.24, 2.45) is 16.7 Å². The number of nitrogens with zero attached hydrogens (tertiary/aromatic N) is 1. The molecule has 1 heterocycles. The zero-order valence-corrected chi connectivity index (χ0v) is 16.1. The number of likely N-dealkylation sites (N-methyl/N-ethyl adjacent to an activating group) is 1. The van der Waals surface area contributed by atoms with E-state index in [4.69, 9.17) is 4.74 Å². The van der Waals surface area contributed by atoms with Crippen LogP contribution in [0.25, 0.3) is 0 Å². The number of hydrogen-bond donors (Lipinski definition) is 0. The van der Waals surface area contributed by atoms with E-state index < -0.39 is 0 Å². The van der Waals surface area contributed by atoms with Crippen LogP contribution in [0.1, 0.15) is 52.9 Å². The number of hydrogen-bond acceptors (Lipinski definition) is 2. The summed E-state index contributed by atoms with van der Waals surface area (Å²) in [6.45, 7) is 9.90. The highest BCUT2D eigenvalue weighted by molar-refractivity contribution is 5.71. The molecule has 4 heteroatoms. The van der Waals surface area contributed by atoms with E-state index in [0.717, 1.165) is 29.9 Å². The number of ether oxygens (including phenoxy) is 1. The van der Waals surface area contributed by atoms with Crippen LogP contribution in [-0.2, 0) is 9.53 Å². The molecule has 1 aliphatic heterocycles. The van der Waals surface area contributed by atoms with Crippen LogP contribution in [0.5, 0.6) is 0 Å². The average molecular weight is 407 g/mol. The van der Waals surface area contributed by atoms with Gasteiger partial charge in [-0.15, -0.1) is 0 Å². The van der Waals surface area contributed by atoms with Crippen LogP contribution < -0.4 is 24.0 Å².